The zero-order chi connectivity index (χ0) is 7.40. The van der Waals surface area contributed by atoms with Gasteiger partial charge in [0.05, 0.1) is 12.7 Å². The summed E-state index contributed by atoms with van der Waals surface area (Å²) in [6.07, 6.45) is 5.05. The molecule has 0 spiro atoms. The summed E-state index contributed by atoms with van der Waals surface area (Å²) < 4.78 is 2.15. The molecule has 0 radical (unpaired) electrons. The van der Waals surface area contributed by atoms with E-state index in [9.17, 15) is 0 Å². The first kappa shape index (κ1) is 7.19. The minimum atomic E-state index is 1.07. The van der Waals surface area contributed by atoms with Crippen LogP contribution in [0, 0.1) is 6.92 Å². The lowest BCUT2D eigenvalue weighted by Crippen LogP contribution is -2.37. The van der Waals surface area contributed by atoms with Crippen molar-refractivity contribution in [2.45, 2.75) is 26.8 Å². The van der Waals surface area contributed by atoms with Gasteiger partial charge in [0, 0.05) is 13.0 Å². The van der Waals surface area contributed by atoms with E-state index in [4.69, 9.17) is 0 Å². The largest absolute Gasteiger partial charge is 0.295 e. The van der Waals surface area contributed by atoms with E-state index in [-0.39, 0.29) is 0 Å². The van der Waals surface area contributed by atoms with Gasteiger partial charge in [0.25, 0.3) is 5.82 Å². The summed E-state index contributed by atoms with van der Waals surface area (Å²) in [5, 5.41) is 0. The number of aromatic nitrogens is 2. The van der Waals surface area contributed by atoms with Crippen molar-refractivity contribution in [2.75, 3.05) is 0 Å². The molecule has 54 valence electrons. The fourth-order valence-electron chi connectivity index (χ4n) is 0.953. The predicted molar refractivity (Wildman–Crippen MR) is 39.5 cm³/mol. The molecule has 0 aromatic carbocycles. The van der Waals surface area contributed by atoms with Gasteiger partial charge < -0.3 is 0 Å². The summed E-state index contributed by atoms with van der Waals surface area (Å²) in [5.74, 6) is 1.09. The lowest BCUT2D eigenvalue weighted by molar-refractivity contribution is -0.705. The predicted octanol–water partition coefficient (Wildman–Crippen LogP) is 1.09. The second-order valence-corrected chi connectivity index (χ2v) is 2.36. The van der Waals surface area contributed by atoms with Gasteiger partial charge in [-0.2, -0.15) is 0 Å². The highest BCUT2D eigenvalue weighted by Gasteiger charge is 2.00. The van der Waals surface area contributed by atoms with Gasteiger partial charge in [-0.25, -0.2) is 4.57 Å². The van der Waals surface area contributed by atoms with Crippen LogP contribution in [0.2, 0.25) is 0 Å². The van der Waals surface area contributed by atoms with Gasteiger partial charge >= 0.3 is 0 Å². The molecule has 2 heteroatoms. The van der Waals surface area contributed by atoms with Crippen molar-refractivity contribution in [3.63, 3.8) is 0 Å². The van der Waals surface area contributed by atoms with E-state index in [1.807, 2.05) is 19.2 Å². The SMILES string of the molecule is CCC[n+]1cccnc1C. The Bertz CT molecular complexity index is 208. The number of rotatable bonds is 2. The molecule has 0 N–H and O–H groups in total. The van der Waals surface area contributed by atoms with Crippen molar-refractivity contribution in [1.29, 1.82) is 0 Å². The molecule has 0 saturated heterocycles. The Hall–Kier alpha value is -0.920. The third-order valence-corrected chi connectivity index (χ3v) is 1.49. The molecule has 1 aromatic heterocycles. The number of hydrogen-bond acceptors (Lipinski definition) is 1. The molecule has 1 rings (SSSR count). The topological polar surface area (TPSA) is 16.8 Å². The van der Waals surface area contributed by atoms with Crippen molar-refractivity contribution in [3.05, 3.63) is 24.3 Å². The van der Waals surface area contributed by atoms with Crippen LogP contribution in [0.1, 0.15) is 19.2 Å². The van der Waals surface area contributed by atoms with E-state index in [1.165, 1.54) is 0 Å². The first-order valence-corrected chi connectivity index (χ1v) is 3.65. The summed E-state index contributed by atoms with van der Waals surface area (Å²) in [6, 6.07) is 1.96. The molecule has 0 aliphatic carbocycles. The molecule has 0 aliphatic rings. The van der Waals surface area contributed by atoms with Gasteiger partial charge in [-0.3, -0.25) is 0 Å². The molecule has 1 heterocycles. The van der Waals surface area contributed by atoms with Gasteiger partial charge in [-0.1, -0.05) is 11.9 Å². The normalized spacial score (nSPS) is 9.80. The van der Waals surface area contributed by atoms with Crippen molar-refractivity contribution < 1.29 is 4.57 Å². The molecule has 0 amide bonds. The van der Waals surface area contributed by atoms with E-state index < -0.39 is 0 Å². The number of nitrogens with zero attached hydrogens (tertiary/aromatic N) is 2. The molecule has 0 unspecified atom stereocenters. The maximum Gasteiger partial charge on any atom is 0.295 e. The van der Waals surface area contributed by atoms with Crippen LogP contribution in [-0.2, 0) is 6.54 Å². The summed E-state index contributed by atoms with van der Waals surface area (Å²) >= 11 is 0. The van der Waals surface area contributed by atoms with Crippen molar-refractivity contribution in [1.82, 2.24) is 4.98 Å². The van der Waals surface area contributed by atoms with Crippen LogP contribution in [0.5, 0.6) is 0 Å². The van der Waals surface area contributed by atoms with E-state index in [2.05, 4.69) is 22.7 Å². The van der Waals surface area contributed by atoms with Crippen LogP contribution < -0.4 is 4.57 Å². The van der Waals surface area contributed by atoms with Gasteiger partial charge in [0.2, 0.25) is 0 Å². The number of aryl methyl sites for hydroxylation is 2. The summed E-state index contributed by atoms with van der Waals surface area (Å²) in [4.78, 5) is 4.16. The fourth-order valence-corrected chi connectivity index (χ4v) is 0.953. The quantitative estimate of drug-likeness (QED) is 0.557. The maximum absolute atomic E-state index is 4.16. The van der Waals surface area contributed by atoms with E-state index in [0.29, 0.717) is 0 Å². The minimum absolute atomic E-state index is 1.07. The average molecular weight is 137 g/mol. The highest BCUT2D eigenvalue weighted by atomic mass is 15.0. The average Bonchev–Trinajstić information content (AvgIpc) is 1.94. The van der Waals surface area contributed by atoms with Crippen LogP contribution in [0.25, 0.3) is 0 Å². The van der Waals surface area contributed by atoms with E-state index >= 15 is 0 Å². The Kier molecular flexibility index (Phi) is 2.37. The van der Waals surface area contributed by atoms with Crippen molar-refractivity contribution >= 4 is 0 Å². The molecule has 0 atom stereocenters. The molecular formula is C8H13N2+. The Balaban J connectivity index is 2.81. The third kappa shape index (κ3) is 1.53. The molecule has 0 bridgehead atoms. The van der Waals surface area contributed by atoms with Gasteiger partial charge in [0.1, 0.15) is 6.20 Å². The first-order valence-electron chi connectivity index (χ1n) is 3.65. The molecule has 0 saturated carbocycles. The maximum atomic E-state index is 4.16. The summed E-state index contributed by atoms with van der Waals surface area (Å²) in [7, 11) is 0. The summed E-state index contributed by atoms with van der Waals surface area (Å²) in [5.41, 5.74) is 0. The van der Waals surface area contributed by atoms with Crippen LogP contribution >= 0.6 is 0 Å². The second kappa shape index (κ2) is 3.30. The van der Waals surface area contributed by atoms with Crippen LogP contribution in [0.15, 0.2) is 18.5 Å². The second-order valence-electron chi connectivity index (χ2n) is 2.36. The van der Waals surface area contributed by atoms with Gasteiger partial charge in [-0.05, 0) is 6.42 Å². The Morgan fingerprint density at radius 2 is 2.40 bits per heavy atom. The third-order valence-electron chi connectivity index (χ3n) is 1.49. The van der Waals surface area contributed by atoms with Crippen LogP contribution in [0.4, 0.5) is 0 Å². The standard InChI is InChI=1S/C8H13N2/c1-3-6-10-7-4-5-9-8(10)2/h4-5,7H,3,6H2,1-2H3/q+1. The van der Waals surface area contributed by atoms with Gasteiger partial charge in [-0.15, -0.1) is 0 Å². The van der Waals surface area contributed by atoms with Crippen LogP contribution in [-0.4, -0.2) is 4.98 Å². The highest BCUT2D eigenvalue weighted by Crippen LogP contribution is 1.82. The highest BCUT2D eigenvalue weighted by molar-refractivity contribution is 4.76. The van der Waals surface area contributed by atoms with Crippen molar-refractivity contribution in [3.8, 4) is 0 Å². The molecule has 10 heavy (non-hydrogen) atoms. The lowest BCUT2D eigenvalue weighted by Gasteiger charge is -1.95. The van der Waals surface area contributed by atoms with Gasteiger partial charge in [0.15, 0.2) is 0 Å². The lowest BCUT2D eigenvalue weighted by atomic mass is 10.4. The smallest absolute Gasteiger partial charge is 0.235 e. The Morgan fingerprint density at radius 1 is 1.60 bits per heavy atom. The molecule has 0 aliphatic heterocycles. The van der Waals surface area contributed by atoms with Crippen LogP contribution in [0.3, 0.4) is 0 Å². The van der Waals surface area contributed by atoms with Crippen molar-refractivity contribution in [2.24, 2.45) is 0 Å². The Labute approximate surface area is 61.5 Å². The minimum Gasteiger partial charge on any atom is -0.235 e. The van der Waals surface area contributed by atoms with E-state index in [0.717, 1.165) is 18.8 Å². The zero-order valence-electron chi connectivity index (χ0n) is 6.54. The molecule has 1 aromatic rings. The first-order chi connectivity index (χ1) is 4.84. The monoisotopic (exact) mass is 137 g/mol. The molecule has 2 nitrogen and oxygen atoms in total. The Morgan fingerprint density at radius 3 is 3.00 bits per heavy atom. The van der Waals surface area contributed by atoms with E-state index in [1.54, 1.807) is 0 Å². The molecule has 0 fully saturated rings. The number of hydrogen-bond donors (Lipinski definition) is 0. The summed E-state index contributed by atoms with van der Waals surface area (Å²) in [6.45, 7) is 5.26. The zero-order valence-corrected chi connectivity index (χ0v) is 6.54. The molecular weight excluding hydrogens is 124 g/mol. The fraction of sp³-hybridized carbons (Fsp3) is 0.500.